The van der Waals surface area contributed by atoms with Crippen LogP contribution < -0.4 is 16.4 Å². The van der Waals surface area contributed by atoms with Gasteiger partial charge in [-0.2, -0.15) is 0 Å². The number of para-hydroxylation sites is 1. The minimum atomic E-state index is -0.113. The zero-order valence-corrected chi connectivity index (χ0v) is 27.3. The lowest BCUT2D eigenvalue weighted by Gasteiger charge is -2.38. The highest BCUT2D eigenvalue weighted by molar-refractivity contribution is 5.85. The average molecular weight is 636 g/mol. The smallest absolute Gasteiger partial charge is 0.315 e. The molecule has 4 atom stereocenters. The summed E-state index contributed by atoms with van der Waals surface area (Å²) in [5.41, 5.74) is 11.9. The van der Waals surface area contributed by atoms with Gasteiger partial charge in [-0.25, -0.2) is 4.79 Å². The van der Waals surface area contributed by atoms with Gasteiger partial charge in [-0.3, -0.25) is 4.79 Å². The minimum absolute atomic E-state index is 0.0331. The van der Waals surface area contributed by atoms with Crippen molar-refractivity contribution in [3.63, 3.8) is 0 Å². The molecule has 2 saturated carbocycles. The van der Waals surface area contributed by atoms with E-state index >= 15 is 0 Å². The molecule has 4 unspecified atom stereocenters. The number of benzene rings is 3. The average Bonchev–Trinajstić information content (AvgIpc) is 3.41. The summed E-state index contributed by atoms with van der Waals surface area (Å²) in [7, 11) is 0. The van der Waals surface area contributed by atoms with Crippen LogP contribution in [0.3, 0.4) is 0 Å². The van der Waals surface area contributed by atoms with Crippen molar-refractivity contribution in [3.05, 3.63) is 101 Å². The Morgan fingerprint density at radius 2 is 1.53 bits per heavy atom. The molecule has 6 rings (SSSR count). The molecule has 6 N–H and O–H groups in total. The van der Waals surface area contributed by atoms with Crippen molar-refractivity contribution in [2.75, 3.05) is 0 Å². The van der Waals surface area contributed by atoms with E-state index in [1.165, 1.54) is 10.9 Å². The minimum Gasteiger partial charge on any atom is -0.508 e. The van der Waals surface area contributed by atoms with E-state index < -0.39 is 0 Å². The fourth-order valence-electron chi connectivity index (χ4n) is 7.62. The molecule has 1 heterocycles. The van der Waals surface area contributed by atoms with Crippen LogP contribution in [0.5, 0.6) is 5.75 Å². The summed E-state index contributed by atoms with van der Waals surface area (Å²) >= 11 is 0. The molecular weight excluding hydrogens is 586 g/mol. The molecule has 0 radical (unpaired) electrons. The number of phenols is 1. The number of amides is 3. The van der Waals surface area contributed by atoms with Gasteiger partial charge in [0.1, 0.15) is 5.75 Å². The molecule has 0 bridgehead atoms. The normalized spacial score (nSPS) is 21.3. The van der Waals surface area contributed by atoms with Crippen LogP contribution in [0.2, 0.25) is 0 Å². The first-order chi connectivity index (χ1) is 22.9. The maximum atomic E-state index is 14.1. The Kier molecular flexibility index (Phi) is 10.8. The van der Waals surface area contributed by atoms with Gasteiger partial charge < -0.3 is 31.4 Å². The molecule has 1 aromatic heterocycles. The fourth-order valence-corrected chi connectivity index (χ4v) is 7.62. The number of aromatic amines is 1. The Labute approximate surface area is 278 Å². The van der Waals surface area contributed by atoms with Crippen LogP contribution in [0.25, 0.3) is 10.9 Å². The summed E-state index contributed by atoms with van der Waals surface area (Å²) in [6, 6.07) is 26.2. The number of aromatic hydroxyl groups is 1. The molecule has 0 saturated heterocycles. The van der Waals surface area contributed by atoms with Gasteiger partial charge in [-0.05, 0) is 99.1 Å². The Bertz CT molecular complexity index is 1620. The number of carbonyl (C=O) groups excluding carboxylic acids is 2. The fraction of sp³-hybridized carbons (Fsp3) is 0.436. The number of hydrogen-bond donors (Lipinski definition) is 5. The Hall–Kier alpha value is -4.30. The number of nitrogens with one attached hydrogen (secondary N) is 3. The first-order valence-corrected chi connectivity index (χ1v) is 17.4. The van der Waals surface area contributed by atoms with Gasteiger partial charge in [0, 0.05) is 60.2 Å². The molecule has 3 amide bonds. The number of urea groups is 1. The van der Waals surface area contributed by atoms with E-state index in [1.54, 1.807) is 12.1 Å². The zero-order valence-electron chi connectivity index (χ0n) is 27.3. The number of fused-ring (bicyclic) bond motifs is 1. The van der Waals surface area contributed by atoms with Crippen LogP contribution in [-0.4, -0.2) is 51.1 Å². The van der Waals surface area contributed by atoms with Gasteiger partial charge in [-0.1, -0.05) is 60.7 Å². The Morgan fingerprint density at radius 1 is 0.830 bits per heavy atom. The van der Waals surface area contributed by atoms with Crippen molar-refractivity contribution in [3.8, 4) is 5.75 Å². The summed E-state index contributed by atoms with van der Waals surface area (Å²) in [5.74, 6) is 0.428. The highest BCUT2D eigenvalue weighted by atomic mass is 16.3. The number of nitrogens with two attached hydrogens (primary N) is 1. The van der Waals surface area contributed by atoms with E-state index in [4.69, 9.17) is 5.73 Å². The Morgan fingerprint density at radius 3 is 2.30 bits per heavy atom. The monoisotopic (exact) mass is 635 g/mol. The van der Waals surface area contributed by atoms with Crippen molar-refractivity contribution >= 4 is 22.8 Å². The molecule has 47 heavy (non-hydrogen) atoms. The predicted molar refractivity (Wildman–Crippen MR) is 187 cm³/mol. The maximum Gasteiger partial charge on any atom is 0.315 e. The molecule has 4 aromatic rings. The third-order valence-corrected chi connectivity index (χ3v) is 10.0. The zero-order chi connectivity index (χ0) is 32.6. The lowest BCUT2D eigenvalue weighted by Crippen LogP contribution is -2.52. The molecule has 0 aliphatic heterocycles. The van der Waals surface area contributed by atoms with E-state index in [1.807, 2.05) is 36.4 Å². The van der Waals surface area contributed by atoms with Gasteiger partial charge in [0.15, 0.2) is 0 Å². The number of hydrogen-bond acceptors (Lipinski definition) is 4. The van der Waals surface area contributed by atoms with Crippen LogP contribution in [0, 0.1) is 0 Å². The van der Waals surface area contributed by atoms with Crippen LogP contribution in [-0.2, 0) is 24.2 Å². The number of carbonyl (C=O) groups is 2. The lowest BCUT2D eigenvalue weighted by molar-refractivity contribution is -0.135. The summed E-state index contributed by atoms with van der Waals surface area (Å²) in [6.07, 6.45) is 10.2. The van der Waals surface area contributed by atoms with Crippen molar-refractivity contribution in [1.82, 2.24) is 20.5 Å². The summed E-state index contributed by atoms with van der Waals surface area (Å²) < 4.78 is 0. The second-order valence-electron chi connectivity index (χ2n) is 13.6. The van der Waals surface area contributed by atoms with Gasteiger partial charge in [0.05, 0.1) is 0 Å². The summed E-state index contributed by atoms with van der Waals surface area (Å²) in [5, 5.41) is 17.3. The number of rotatable bonds is 11. The van der Waals surface area contributed by atoms with Gasteiger partial charge in [0.25, 0.3) is 0 Å². The van der Waals surface area contributed by atoms with E-state index in [0.29, 0.717) is 13.0 Å². The first-order valence-electron chi connectivity index (χ1n) is 17.4. The highest BCUT2D eigenvalue weighted by Crippen LogP contribution is 2.29. The molecular formula is C39H49N5O3. The Balaban J connectivity index is 1.11. The topological polar surface area (TPSA) is 123 Å². The molecule has 2 aliphatic rings. The summed E-state index contributed by atoms with van der Waals surface area (Å²) in [4.78, 5) is 32.7. The SMILES string of the molecule is NC1CCCC(NC(=O)NC2CCCC(N(Cc3ccccc3)C(=O)CCCc3c(Cc4ccc(O)cc4)[nH]c4ccccc34)C2)C1. The van der Waals surface area contributed by atoms with Crippen molar-refractivity contribution in [2.45, 2.75) is 108 Å². The van der Waals surface area contributed by atoms with Crippen LogP contribution in [0.4, 0.5) is 4.79 Å². The first kappa shape index (κ1) is 32.6. The lowest BCUT2D eigenvalue weighted by atomic mass is 9.89. The van der Waals surface area contributed by atoms with E-state index in [-0.39, 0.29) is 41.9 Å². The van der Waals surface area contributed by atoms with Crippen LogP contribution >= 0.6 is 0 Å². The molecule has 8 heteroatoms. The number of aromatic nitrogens is 1. The number of aryl methyl sites for hydroxylation is 1. The second kappa shape index (κ2) is 15.5. The molecule has 3 aromatic carbocycles. The third kappa shape index (κ3) is 8.74. The number of nitrogens with zero attached hydrogens (tertiary/aromatic N) is 1. The maximum absolute atomic E-state index is 14.1. The van der Waals surface area contributed by atoms with Gasteiger partial charge in [0.2, 0.25) is 5.91 Å². The van der Waals surface area contributed by atoms with E-state index in [2.05, 4.69) is 50.8 Å². The summed E-state index contributed by atoms with van der Waals surface area (Å²) in [6.45, 7) is 0.572. The van der Waals surface area contributed by atoms with Gasteiger partial charge in [-0.15, -0.1) is 0 Å². The second-order valence-corrected chi connectivity index (χ2v) is 13.6. The molecule has 2 aliphatic carbocycles. The van der Waals surface area contributed by atoms with Crippen molar-refractivity contribution < 1.29 is 14.7 Å². The van der Waals surface area contributed by atoms with Crippen LogP contribution in [0.1, 0.15) is 86.6 Å². The van der Waals surface area contributed by atoms with Crippen molar-refractivity contribution in [2.24, 2.45) is 5.73 Å². The van der Waals surface area contributed by atoms with Crippen LogP contribution in [0.15, 0.2) is 78.9 Å². The van der Waals surface area contributed by atoms with E-state index in [9.17, 15) is 14.7 Å². The molecule has 8 nitrogen and oxygen atoms in total. The van der Waals surface area contributed by atoms with Gasteiger partial charge >= 0.3 is 6.03 Å². The number of phenolic OH excluding ortho intramolecular Hbond substituents is 1. The standard InChI is InChI=1S/C39H49N5O3/c40-29-11-6-12-30(24-29)41-39(47)42-31-13-7-14-32(25-31)44(26-28-9-2-1-3-10-28)38(46)18-8-16-35-34-15-4-5-17-36(34)43-37(35)23-27-19-21-33(45)22-20-27/h1-5,9-10,15,17,19-22,29-32,43,45H,6-8,11-14,16,18,23-26,40H2,(H2,41,42,47). The number of H-pyrrole nitrogens is 1. The third-order valence-electron chi connectivity index (χ3n) is 10.0. The largest absolute Gasteiger partial charge is 0.508 e. The highest BCUT2D eigenvalue weighted by Gasteiger charge is 2.31. The molecule has 0 spiro atoms. The predicted octanol–water partition coefficient (Wildman–Crippen LogP) is 6.70. The van der Waals surface area contributed by atoms with E-state index in [0.717, 1.165) is 93.0 Å². The quantitative estimate of drug-likeness (QED) is 0.126. The molecule has 2 fully saturated rings. The molecule has 248 valence electrons. The van der Waals surface area contributed by atoms with Crippen molar-refractivity contribution in [1.29, 1.82) is 0 Å².